The van der Waals surface area contributed by atoms with Crippen LogP contribution in [0, 0.1) is 20.8 Å². The number of rotatable bonds is 10. The van der Waals surface area contributed by atoms with Gasteiger partial charge in [0.1, 0.15) is 0 Å². The fourth-order valence-electron chi connectivity index (χ4n) is 4.97. The van der Waals surface area contributed by atoms with Crippen molar-refractivity contribution in [3.05, 3.63) is 115 Å². The van der Waals surface area contributed by atoms with E-state index in [1.54, 1.807) is 10.6 Å². The molecule has 0 aliphatic carbocycles. The molecule has 0 bridgehead atoms. The number of benzene rings is 3. The Labute approximate surface area is 217 Å². The summed E-state index contributed by atoms with van der Waals surface area (Å²) in [5.41, 5.74) is 5.78. The molecule has 1 heterocycles. The smallest absolute Gasteiger partial charge is 0.331 e. The van der Waals surface area contributed by atoms with Crippen molar-refractivity contribution in [3.8, 4) is 0 Å². The van der Waals surface area contributed by atoms with Crippen LogP contribution in [0.25, 0.3) is 10.9 Å². The molecular weight excluding hydrogens is 462 g/mol. The third kappa shape index (κ3) is 6.26. The summed E-state index contributed by atoms with van der Waals surface area (Å²) in [6.45, 7) is 7.46. The second kappa shape index (κ2) is 11.9. The molecule has 6 nitrogen and oxygen atoms in total. The van der Waals surface area contributed by atoms with Gasteiger partial charge in [0, 0.05) is 19.5 Å². The number of hydrogen-bond donors (Lipinski definition) is 1. The molecule has 0 saturated carbocycles. The number of amides is 1. The highest BCUT2D eigenvalue weighted by Gasteiger charge is 2.15. The minimum Gasteiger partial charge on any atom is -0.356 e. The number of fused-ring (bicyclic) bond motifs is 1. The van der Waals surface area contributed by atoms with Gasteiger partial charge in [0.15, 0.2) is 0 Å². The number of hydrogen-bond acceptors (Lipinski definition) is 3. The Balaban J connectivity index is 1.46. The first-order valence-corrected chi connectivity index (χ1v) is 12.9. The van der Waals surface area contributed by atoms with E-state index in [1.807, 2.05) is 48.5 Å². The van der Waals surface area contributed by atoms with Crippen LogP contribution in [0.15, 0.2) is 76.3 Å². The van der Waals surface area contributed by atoms with Crippen LogP contribution in [0.4, 0.5) is 0 Å². The van der Waals surface area contributed by atoms with Crippen LogP contribution < -0.4 is 16.6 Å². The van der Waals surface area contributed by atoms with Crippen LogP contribution in [-0.2, 0) is 24.3 Å². The van der Waals surface area contributed by atoms with Crippen molar-refractivity contribution in [1.29, 1.82) is 0 Å². The van der Waals surface area contributed by atoms with Gasteiger partial charge in [-0.2, -0.15) is 0 Å². The first-order valence-electron chi connectivity index (χ1n) is 12.9. The molecule has 1 aromatic heterocycles. The Morgan fingerprint density at radius 2 is 1.51 bits per heavy atom. The topological polar surface area (TPSA) is 73.1 Å². The highest BCUT2D eigenvalue weighted by Crippen LogP contribution is 2.19. The largest absolute Gasteiger partial charge is 0.356 e. The molecule has 0 radical (unpaired) electrons. The quantitative estimate of drug-likeness (QED) is 0.324. The summed E-state index contributed by atoms with van der Waals surface area (Å²) in [5.74, 6) is -0.00970. The van der Waals surface area contributed by atoms with E-state index in [-0.39, 0.29) is 23.7 Å². The monoisotopic (exact) mass is 497 g/mol. The van der Waals surface area contributed by atoms with Gasteiger partial charge in [-0.15, -0.1) is 0 Å². The van der Waals surface area contributed by atoms with Crippen LogP contribution in [0.5, 0.6) is 0 Å². The lowest BCUT2D eigenvalue weighted by Crippen LogP contribution is -2.40. The molecule has 0 aliphatic rings. The predicted molar refractivity (Wildman–Crippen MR) is 149 cm³/mol. The molecule has 0 unspecified atom stereocenters. The minimum absolute atomic E-state index is 0.00970. The lowest BCUT2D eigenvalue weighted by Gasteiger charge is -2.17. The summed E-state index contributed by atoms with van der Waals surface area (Å²) in [4.78, 5) is 39.0. The van der Waals surface area contributed by atoms with Gasteiger partial charge in [-0.1, -0.05) is 60.2 Å². The van der Waals surface area contributed by atoms with E-state index in [9.17, 15) is 14.4 Å². The molecule has 37 heavy (non-hydrogen) atoms. The minimum atomic E-state index is -0.310. The average Bonchev–Trinajstić information content (AvgIpc) is 2.88. The molecule has 0 fully saturated rings. The number of aromatic nitrogens is 2. The SMILES string of the molecule is Cc1cc(C)c(Cn2c(=O)n(CCCCC(=O)NCCc3ccccc3)c(=O)c3ccccc32)c(C)c1. The summed E-state index contributed by atoms with van der Waals surface area (Å²) in [7, 11) is 0. The van der Waals surface area contributed by atoms with E-state index in [0.29, 0.717) is 43.3 Å². The van der Waals surface area contributed by atoms with Gasteiger partial charge in [0.2, 0.25) is 5.91 Å². The van der Waals surface area contributed by atoms with Gasteiger partial charge in [0.05, 0.1) is 17.4 Å². The van der Waals surface area contributed by atoms with E-state index in [1.165, 1.54) is 15.7 Å². The van der Waals surface area contributed by atoms with Crippen molar-refractivity contribution >= 4 is 16.8 Å². The number of unbranched alkanes of at least 4 members (excludes halogenated alkanes) is 1. The molecular formula is C31H35N3O3. The average molecular weight is 498 g/mol. The van der Waals surface area contributed by atoms with Crippen LogP contribution in [0.2, 0.25) is 0 Å². The zero-order valence-electron chi connectivity index (χ0n) is 21.9. The van der Waals surface area contributed by atoms with Gasteiger partial charge >= 0.3 is 5.69 Å². The zero-order valence-corrected chi connectivity index (χ0v) is 21.9. The highest BCUT2D eigenvalue weighted by molar-refractivity contribution is 5.78. The van der Waals surface area contributed by atoms with Gasteiger partial charge in [-0.3, -0.25) is 18.7 Å². The summed E-state index contributed by atoms with van der Waals surface area (Å²) in [6.07, 6.45) is 2.33. The Morgan fingerprint density at radius 1 is 0.838 bits per heavy atom. The Kier molecular flexibility index (Phi) is 8.39. The van der Waals surface area contributed by atoms with Crippen LogP contribution in [0.1, 0.15) is 47.1 Å². The third-order valence-electron chi connectivity index (χ3n) is 6.90. The van der Waals surface area contributed by atoms with Crippen LogP contribution in [0.3, 0.4) is 0 Å². The Hall–Kier alpha value is -3.93. The van der Waals surface area contributed by atoms with E-state index in [0.717, 1.165) is 23.1 Å². The number of nitrogens with zero attached hydrogens (tertiary/aromatic N) is 2. The molecule has 0 atom stereocenters. The number of carbonyl (C=O) groups excluding carboxylic acids is 1. The van der Waals surface area contributed by atoms with E-state index < -0.39 is 0 Å². The van der Waals surface area contributed by atoms with E-state index >= 15 is 0 Å². The normalized spacial score (nSPS) is 11.1. The second-order valence-electron chi connectivity index (χ2n) is 9.76. The number of para-hydroxylation sites is 1. The molecule has 1 amide bonds. The van der Waals surface area contributed by atoms with Crippen molar-refractivity contribution in [2.75, 3.05) is 6.54 Å². The van der Waals surface area contributed by atoms with Crippen molar-refractivity contribution in [3.63, 3.8) is 0 Å². The molecule has 192 valence electrons. The zero-order chi connectivity index (χ0) is 26.4. The molecule has 0 spiro atoms. The standard InChI is InChI=1S/C31H35N3O3/c1-22-19-23(2)27(24(3)20-22)21-34-28-14-8-7-13-26(28)30(36)33(31(34)37)18-10-9-15-29(35)32-17-16-25-11-5-4-6-12-25/h4-8,11-14,19-20H,9-10,15-18,21H2,1-3H3,(H,32,35). The Bertz CT molecular complexity index is 1490. The lowest BCUT2D eigenvalue weighted by atomic mass is 9.99. The fourth-order valence-corrected chi connectivity index (χ4v) is 4.97. The third-order valence-corrected chi connectivity index (χ3v) is 6.90. The van der Waals surface area contributed by atoms with Gasteiger partial charge < -0.3 is 5.32 Å². The van der Waals surface area contributed by atoms with E-state index in [4.69, 9.17) is 0 Å². The van der Waals surface area contributed by atoms with Crippen LogP contribution >= 0.6 is 0 Å². The van der Waals surface area contributed by atoms with Crippen LogP contribution in [-0.4, -0.2) is 21.6 Å². The fraction of sp³-hybridized carbons (Fsp3) is 0.323. The number of aryl methyl sites for hydroxylation is 3. The predicted octanol–water partition coefficient (Wildman–Crippen LogP) is 4.67. The molecule has 3 aromatic carbocycles. The number of carbonyl (C=O) groups is 1. The van der Waals surface area contributed by atoms with Crippen molar-refractivity contribution in [1.82, 2.24) is 14.5 Å². The summed E-state index contributed by atoms with van der Waals surface area (Å²) < 4.78 is 3.03. The summed E-state index contributed by atoms with van der Waals surface area (Å²) in [5, 5.41) is 3.49. The maximum absolute atomic E-state index is 13.5. The molecule has 4 aromatic rings. The molecule has 1 N–H and O–H groups in total. The first-order chi connectivity index (χ1) is 17.8. The molecule has 6 heteroatoms. The Morgan fingerprint density at radius 3 is 2.24 bits per heavy atom. The van der Waals surface area contributed by atoms with Crippen molar-refractivity contribution < 1.29 is 4.79 Å². The summed E-state index contributed by atoms with van der Waals surface area (Å²) in [6, 6.07) is 21.6. The molecule has 0 saturated heterocycles. The van der Waals surface area contributed by atoms with Gasteiger partial charge in [-0.05, 0) is 74.4 Å². The molecule has 0 aliphatic heterocycles. The van der Waals surface area contributed by atoms with Crippen molar-refractivity contribution in [2.45, 2.75) is 59.5 Å². The summed E-state index contributed by atoms with van der Waals surface area (Å²) >= 11 is 0. The highest BCUT2D eigenvalue weighted by atomic mass is 16.2. The van der Waals surface area contributed by atoms with Gasteiger partial charge in [-0.25, -0.2) is 4.79 Å². The van der Waals surface area contributed by atoms with E-state index in [2.05, 4.69) is 38.2 Å². The lowest BCUT2D eigenvalue weighted by molar-refractivity contribution is -0.121. The molecule has 4 rings (SSSR count). The first kappa shape index (κ1) is 26.1. The van der Waals surface area contributed by atoms with Gasteiger partial charge in [0.25, 0.3) is 5.56 Å². The van der Waals surface area contributed by atoms with Crippen molar-refractivity contribution in [2.24, 2.45) is 0 Å². The maximum atomic E-state index is 13.5. The second-order valence-corrected chi connectivity index (χ2v) is 9.76. The maximum Gasteiger partial charge on any atom is 0.331 e. The number of nitrogens with one attached hydrogen (secondary N) is 1.